The first-order valence-corrected chi connectivity index (χ1v) is 2.08. The van der Waals surface area contributed by atoms with E-state index in [9.17, 15) is 0 Å². The summed E-state index contributed by atoms with van der Waals surface area (Å²) in [5.74, 6) is 0.438. The molecule has 1 N–H and O–H groups in total. The van der Waals surface area contributed by atoms with Crippen LogP contribution in [0.1, 0.15) is 0 Å². The molecule has 1 heterocycles. The quantitative estimate of drug-likeness (QED) is 0.537. The first-order chi connectivity index (χ1) is 3.93. The molecule has 0 atom stereocenters. The molecule has 1 aromatic rings. The molecule has 0 amide bonds. The molecule has 1 rings (SSSR count). The SMILES string of the molecule is CN=Nc1ncn[nH]1. The van der Waals surface area contributed by atoms with Gasteiger partial charge in [-0.15, -0.1) is 5.11 Å². The summed E-state index contributed by atoms with van der Waals surface area (Å²) in [7, 11) is 1.57. The summed E-state index contributed by atoms with van der Waals surface area (Å²) in [6, 6.07) is 0. The lowest BCUT2D eigenvalue weighted by atomic mass is 11.1. The van der Waals surface area contributed by atoms with Crippen LogP contribution in [0.15, 0.2) is 16.6 Å². The number of nitrogens with one attached hydrogen (secondary N) is 1. The van der Waals surface area contributed by atoms with Crippen molar-refractivity contribution in [2.75, 3.05) is 7.05 Å². The minimum Gasteiger partial charge on any atom is -0.242 e. The summed E-state index contributed by atoms with van der Waals surface area (Å²) in [6.45, 7) is 0. The molecule has 0 aromatic carbocycles. The number of nitrogens with zero attached hydrogens (tertiary/aromatic N) is 4. The highest BCUT2D eigenvalue weighted by atomic mass is 15.3. The molecule has 0 unspecified atom stereocenters. The van der Waals surface area contributed by atoms with Crippen LogP contribution in [-0.2, 0) is 0 Å². The van der Waals surface area contributed by atoms with Crippen LogP contribution in [-0.4, -0.2) is 22.2 Å². The Labute approximate surface area is 45.9 Å². The van der Waals surface area contributed by atoms with Gasteiger partial charge in [0.05, 0.1) is 0 Å². The maximum absolute atomic E-state index is 3.68. The molecule has 5 heteroatoms. The molecule has 0 aliphatic heterocycles. The van der Waals surface area contributed by atoms with Crippen molar-refractivity contribution < 1.29 is 0 Å². The van der Waals surface area contributed by atoms with Crippen LogP contribution in [0.5, 0.6) is 0 Å². The van der Waals surface area contributed by atoms with Crippen LogP contribution < -0.4 is 0 Å². The Morgan fingerprint density at radius 3 is 3.12 bits per heavy atom. The highest BCUT2D eigenvalue weighted by molar-refractivity contribution is 5.05. The highest BCUT2D eigenvalue weighted by Crippen LogP contribution is 1.96. The smallest absolute Gasteiger partial charge is 0.242 e. The summed E-state index contributed by atoms with van der Waals surface area (Å²) in [5.41, 5.74) is 0. The van der Waals surface area contributed by atoms with Gasteiger partial charge in [-0.05, 0) is 0 Å². The Bertz CT molecular complexity index is 164. The van der Waals surface area contributed by atoms with Crippen LogP contribution >= 0.6 is 0 Å². The molecule has 1 aromatic heterocycles. The molecule has 8 heavy (non-hydrogen) atoms. The van der Waals surface area contributed by atoms with Gasteiger partial charge in [-0.1, -0.05) is 0 Å². The van der Waals surface area contributed by atoms with E-state index in [0.717, 1.165) is 0 Å². The van der Waals surface area contributed by atoms with Gasteiger partial charge in [-0.3, -0.25) is 0 Å². The minimum atomic E-state index is 0.438. The van der Waals surface area contributed by atoms with Gasteiger partial charge in [0, 0.05) is 7.05 Å². The fraction of sp³-hybridized carbons (Fsp3) is 0.333. The average Bonchev–Trinajstić information content (AvgIpc) is 2.19. The van der Waals surface area contributed by atoms with Crippen molar-refractivity contribution in [3.8, 4) is 0 Å². The van der Waals surface area contributed by atoms with Crippen molar-refractivity contribution in [2.24, 2.45) is 10.2 Å². The third-order valence-corrected chi connectivity index (χ3v) is 0.597. The molecule has 0 radical (unpaired) electrons. The summed E-state index contributed by atoms with van der Waals surface area (Å²) in [5, 5.41) is 13.1. The van der Waals surface area contributed by atoms with Gasteiger partial charge in [-0.2, -0.15) is 15.2 Å². The number of rotatable bonds is 1. The van der Waals surface area contributed by atoms with E-state index < -0.39 is 0 Å². The van der Waals surface area contributed by atoms with Crippen molar-refractivity contribution in [1.82, 2.24) is 15.2 Å². The number of H-pyrrole nitrogens is 1. The number of hydrogen-bond donors (Lipinski definition) is 1. The average molecular weight is 111 g/mol. The van der Waals surface area contributed by atoms with Crippen LogP contribution in [0, 0.1) is 0 Å². The van der Waals surface area contributed by atoms with Crippen molar-refractivity contribution in [3.05, 3.63) is 6.33 Å². The van der Waals surface area contributed by atoms with Crippen molar-refractivity contribution >= 4 is 5.95 Å². The molecule has 5 nitrogen and oxygen atoms in total. The van der Waals surface area contributed by atoms with Crippen LogP contribution in [0.25, 0.3) is 0 Å². The Kier molecular flexibility index (Phi) is 1.32. The first-order valence-electron chi connectivity index (χ1n) is 2.08. The van der Waals surface area contributed by atoms with Gasteiger partial charge in [0.1, 0.15) is 6.33 Å². The van der Waals surface area contributed by atoms with Gasteiger partial charge in [0.2, 0.25) is 0 Å². The topological polar surface area (TPSA) is 66.3 Å². The van der Waals surface area contributed by atoms with E-state index in [-0.39, 0.29) is 0 Å². The molecule has 0 aliphatic rings. The third kappa shape index (κ3) is 0.868. The predicted molar refractivity (Wildman–Crippen MR) is 26.8 cm³/mol. The second kappa shape index (κ2) is 2.15. The summed E-state index contributed by atoms with van der Waals surface area (Å²) in [4.78, 5) is 3.68. The van der Waals surface area contributed by atoms with Crippen molar-refractivity contribution in [1.29, 1.82) is 0 Å². The first kappa shape index (κ1) is 4.89. The molecule has 0 saturated heterocycles. The highest BCUT2D eigenvalue weighted by Gasteiger charge is 1.84. The van der Waals surface area contributed by atoms with Crippen LogP contribution in [0.2, 0.25) is 0 Å². The fourth-order valence-electron chi connectivity index (χ4n) is 0.342. The summed E-state index contributed by atoms with van der Waals surface area (Å²) in [6.07, 6.45) is 1.38. The predicted octanol–water partition coefficient (Wildman–Crippen LogP) is 0.518. The van der Waals surface area contributed by atoms with Crippen LogP contribution in [0.3, 0.4) is 0 Å². The normalized spacial score (nSPS) is 10.6. The summed E-state index contributed by atoms with van der Waals surface area (Å²) < 4.78 is 0. The maximum Gasteiger partial charge on any atom is 0.264 e. The van der Waals surface area contributed by atoms with Gasteiger partial charge >= 0.3 is 0 Å². The zero-order valence-electron chi connectivity index (χ0n) is 4.37. The number of azo groups is 1. The lowest BCUT2D eigenvalue weighted by Crippen LogP contribution is -1.63. The Balaban J connectivity index is 2.77. The molecule has 0 saturated carbocycles. The molecule has 0 fully saturated rings. The lowest BCUT2D eigenvalue weighted by molar-refractivity contribution is 1.03. The Hall–Kier alpha value is -1.26. The Morgan fingerprint density at radius 1 is 1.75 bits per heavy atom. The van der Waals surface area contributed by atoms with Crippen LogP contribution in [0.4, 0.5) is 5.95 Å². The van der Waals surface area contributed by atoms with Gasteiger partial charge in [0.15, 0.2) is 0 Å². The molecular weight excluding hydrogens is 106 g/mol. The maximum atomic E-state index is 3.68. The number of aromatic amines is 1. The van der Waals surface area contributed by atoms with Gasteiger partial charge < -0.3 is 0 Å². The zero-order chi connectivity index (χ0) is 5.82. The molecule has 42 valence electrons. The van der Waals surface area contributed by atoms with Gasteiger partial charge in [0.25, 0.3) is 5.95 Å². The number of aromatic nitrogens is 3. The molecule has 0 bridgehead atoms. The van der Waals surface area contributed by atoms with Crippen molar-refractivity contribution in [2.45, 2.75) is 0 Å². The van der Waals surface area contributed by atoms with E-state index in [2.05, 4.69) is 25.4 Å². The number of hydrogen-bond acceptors (Lipinski definition) is 4. The molecule has 0 spiro atoms. The fourth-order valence-corrected chi connectivity index (χ4v) is 0.342. The molecule has 0 aliphatic carbocycles. The summed E-state index contributed by atoms with van der Waals surface area (Å²) >= 11 is 0. The lowest BCUT2D eigenvalue weighted by Gasteiger charge is -1.73. The van der Waals surface area contributed by atoms with E-state index in [1.54, 1.807) is 7.05 Å². The van der Waals surface area contributed by atoms with E-state index >= 15 is 0 Å². The van der Waals surface area contributed by atoms with Gasteiger partial charge in [-0.25, -0.2) is 5.10 Å². The zero-order valence-corrected chi connectivity index (χ0v) is 4.37. The second-order valence-electron chi connectivity index (χ2n) is 1.11. The van der Waals surface area contributed by atoms with Crippen molar-refractivity contribution in [3.63, 3.8) is 0 Å². The van der Waals surface area contributed by atoms with E-state index in [0.29, 0.717) is 5.95 Å². The van der Waals surface area contributed by atoms with E-state index in [4.69, 9.17) is 0 Å². The third-order valence-electron chi connectivity index (χ3n) is 0.597. The minimum absolute atomic E-state index is 0.438. The van der Waals surface area contributed by atoms with E-state index in [1.165, 1.54) is 6.33 Å². The van der Waals surface area contributed by atoms with E-state index in [1.807, 2.05) is 0 Å². The second-order valence-corrected chi connectivity index (χ2v) is 1.11. The molecular formula is C3H5N5. The standard InChI is InChI=1S/C3H5N5/c1-4-7-3-5-2-6-8-3/h2H,1H3,(H,5,6,8). The Morgan fingerprint density at radius 2 is 2.62 bits per heavy atom. The monoisotopic (exact) mass is 111 g/mol. The largest absolute Gasteiger partial charge is 0.264 e.